The Morgan fingerprint density at radius 3 is 2.43 bits per heavy atom. The van der Waals surface area contributed by atoms with Crippen LogP contribution >= 0.6 is 27.5 Å². The van der Waals surface area contributed by atoms with E-state index >= 15 is 0 Å². The fourth-order valence-corrected chi connectivity index (χ4v) is 4.32. The zero-order chi connectivity index (χ0) is 20.9. The van der Waals surface area contributed by atoms with Crippen molar-refractivity contribution in [1.82, 2.24) is 4.90 Å². The van der Waals surface area contributed by atoms with Gasteiger partial charge < -0.3 is 15.0 Å². The third kappa shape index (κ3) is 5.15. The molecule has 1 aliphatic heterocycles. The van der Waals surface area contributed by atoms with Gasteiger partial charge in [0, 0.05) is 39.5 Å². The van der Waals surface area contributed by atoms with E-state index in [0.717, 1.165) is 59.3 Å². The van der Waals surface area contributed by atoms with Crippen molar-refractivity contribution in [3.63, 3.8) is 0 Å². The first kappa shape index (κ1) is 21.2. The number of nitrogens with zero attached hydrogens (tertiary/aromatic N) is 1. The summed E-state index contributed by atoms with van der Waals surface area (Å²) in [6, 6.07) is 15.5. The summed E-state index contributed by atoms with van der Waals surface area (Å²) in [6.07, 6.45) is 4.90. The zero-order valence-electron chi connectivity index (χ0n) is 16.7. The molecule has 2 aromatic rings. The van der Waals surface area contributed by atoms with Gasteiger partial charge in [-0.2, -0.15) is 0 Å². The Hall–Kier alpha value is -2.08. The third-order valence-electron chi connectivity index (χ3n) is 5.38. The molecular weight excluding hydrogens is 464 g/mol. The van der Waals surface area contributed by atoms with Crippen LogP contribution in [0.3, 0.4) is 0 Å². The number of amides is 1. The fourth-order valence-electron chi connectivity index (χ4n) is 3.93. The third-order valence-corrected chi connectivity index (χ3v) is 6.16. The molecule has 1 aliphatic carbocycles. The molecule has 6 heteroatoms. The van der Waals surface area contributed by atoms with Crippen LogP contribution in [0, 0.1) is 0 Å². The standard InChI is InChI=1S/C24H24BrClN2O2/c25-19-6-4-17(5-7-19)16-18-2-1-3-22(23(18)28-12-14-30-15-13-28)24(29)27-21-10-8-20(26)9-11-21/h4-11,16H,1-3,12-15H2,(H,27,29). The van der Waals surface area contributed by atoms with E-state index in [1.807, 2.05) is 24.3 Å². The van der Waals surface area contributed by atoms with E-state index in [9.17, 15) is 4.79 Å². The summed E-state index contributed by atoms with van der Waals surface area (Å²) < 4.78 is 6.61. The van der Waals surface area contributed by atoms with E-state index in [1.54, 1.807) is 12.1 Å². The number of allylic oxidation sites excluding steroid dienone is 1. The highest BCUT2D eigenvalue weighted by Crippen LogP contribution is 2.35. The molecule has 30 heavy (non-hydrogen) atoms. The largest absolute Gasteiger partial charge is 0.378 e. The molecule has 1 heterocycles. The maximum atomic E-state index is 13.3. The first-order chi connectivity index (χ1) is 14.6. The van der Waals surface area contributed by atoms with Crippen molar-refractivity contribution >= 4 is 45.2 Å². The predicted molar refractivity (Wildman–Crippen MR) is 125 cm³/mol. The van der Waals surface area contributed by atoms with Crippen LogP contribution in [0.5, 0.6) is 0 Å². The topological polar surface area (TPSA) is 41.6 Å². The van der Waals surface area contributed by atoms with Crippen molar-refractivity contribution in [2.75, 3.05) is 31.6 Å². The number of ether oxygens (including phenoxy) is 1. The average molecular weight is 488 g/mol. The van der Waals surface area contributed by atoms with Crippen LogP contribution in [-0.4, -0.2) is 37.1 Å². The molecule has 0 unspecified atom stereocenters. The number of carbonyl (C=O) groups excluding carboxylic acids is 1. The maximum Gasteiger partial charge on any atom is 0.253 e. The summed E-state index contributed by atoms with van der Waals surface area (Å²) in [5, 5.41) is 3.70. The summed E-state index contributed by atoms with van der Waals surface area (Å²) in [7, 11) is 0. The highest BCUT2D eigenvalue weighted by atomic mass is 79.9. The number of carbonyl (C=O) groups is 1. The van der Waals surface area contributed by atoms with Gasteiger partial charge in [0.15, 0.2) is 0 Å². The molecule has 0 bridgehead atoms. The summed E-state index contributed by atoms with van der Waals surface area (Å²) >= 11 is 9.47. The predicted octanol–water partition coefficient (Wildman–Crippen LogP) is 5.89. The lowest BCUT2D eigenvalue weighted by Gasteiger charge is -2.36. The van der Waals surface area contributed by atoms with Crippen molar-refractivity contribution in [2.24, 2.45) is 0 Å². The number of hydrogen-bond donors (Lipinski definition) is 1. The van der Waals surface area contributed by atoms with Crippen LogP contribution in [-0.2, 0) is 9.53 Å². The first-order valence-electron chi connectivity index (χ1n) is 10.2. The lowest BCUT2D eigenvalue weighted by molar-refractivity contribution is -0.113. The second-order valence-corrected chi connectivity index (χ2v) is 8.81. The Bertz CT molecular complexity index is 962. The SMILES string of the molecule is O=C(Nc1ccc(Cl)cc1)C1=C(N2CCOCC2)C(=Cc2ccc(Br)cc2)CCC1. The van der Waals surface area contributed by atoms with Crippen LogP contribution in [0.15, 0.2) is 69.8 Å². The highest BCUT2D eigenvalue weighted by Gasteiger charge is 2.28. The van der Waals surface area contributed by atoms with Gasteiger partial charge >= 0.3 is 0 Å². The number of morpholine rings is 1. The molecule has 2 aliphatic rings. The van der Waals surface area contributed by atoms with Gasteiger partial charge in [0.05, 0.1) is 13.2 Å². The van der Waals surface area contributed by atoms with Gasteiger partial charge in [-0.15, -0.1) is 0 Å². The van der Waals surface area contributed by atoms with Crippen molar-refractivity contribution in [3.05, 3.63) is 80.4 Å². The second-order valence-electron chi connectivity index (χ2n) is 7.46. The lowest BCUT2D eigenvalue weighted by Crippen LogP contribution is -2.38. The Balaban J connectivity index is 1.70. The van der Waals surface area contributed by atoms with Gasteiger partial charge in [-0.25, -0.2) is 0 Å². The smallest absolute Gasteiger partial charge is 0.253 e. The highest BCUT2D eigenvalue weighted by molar-refractivity contribution is 9.10. The fraction of sp³-hybridized carbons (Fsp3) is 0.292. The molecule has 1 amide bonds. The summed E-state index contributed by atoms with van der Waals surface area (Å²) in [5.41, 5.74) is 5.02. The average Bonchev–Trinajstić information content (AvgIpc) is 2.77. The van der Waals surface area contributed by atoms with Crippen LogP contribution < -0.4 is 5.32 Å². The molecule has 4 rings (SSSR count). The minimum Gasteiger partial charge on any atom is -0.378 e. The number of anilines is 1. The number of halogens is 2. The molecule has 0 saturated carbocycles. The van der Waals surface area contributed by atoms with Crippen molar-refractivity contribution < 1.29 is 9.53 Å². The molecule has 0 spiro atoms. The Kier molecular flexibility index (Phi) is 6.93. The van der Waals surface area contributed by atoms with E-state index in [2.05, 4.69) is 44.4 Å². The Morgan fingerprint density at radius 2 is 1.73 bits per heavy atom. The van der Waals surface area contributed by atoms with Gasteiger partial charge in [0.25, 0.3) is 5.91 Å². The number of rotatable bonds is 4. The van der Waals surface area contributed by atoms with Crippen molar-refractivity contribution in [1.29, 1.82) is 0 Å². The Morgan fingerprint density at radius 1 is 1.03 bits per heavy atom. The van der Waals surface area contributed by atoms with E-state index in [4.69, 9.17) is 16.3 Å². The molecule has 2 aromatic carbocycles. The molecule has 0 radical (unpaired) electrons. The summed E-state index contributed by atoms with van der Waals surface area (Å²) in [5.74, 6) is -0.0415. The number of benzene rings is 2. The quantitative estimate of drug-likeness (QED) is 0.584. The lowest BCUT2D eigenvalue weighted by atomic mass is 9.88. The minimum atomic E-state index is -0.0415. The molecule has 1 N–H and O–H groups in total. The van der Waals surface area contributed by atoms with Crippen LogP contribution in [0.25, 0.3) is 6.08 Å². The van der Waals surface area contributed by atoms with Crippen LogP contribution in [0.2, 0.25) is 5.02 Å². The number of nitrogens with one attached hydrogen (secondary N) is 1. The molecule has 1 saturated heterocycles. The summed E-state index contributed by atoms with van der Waals surface area (Å²) in [4.78, 5) is 15.6. The van der Waals surface area contributed by atoms with Gasteiger partial charge in [0.1, 0.15) is 0 Å². The number of hydrogen-bond acceptors (Lipinski definition) is 3. The van der Waals surface area contributed by atoms with Crippen LogP contribution in [0.1, 0.15) is 24.8 Å². The van der Waals surface area contributed by atoms with Gasteiger partial charge in [-0.05, 0) is 72.9 Å². The summed E-state index contributed by atoms with van der Waals surface area (Å²) in [6.45, 7) is 2.96. The minimum absolute atomic E-state index is 0.0415. The van der Waals surface area contributed by atoms with Gasteiger partial charge in [-0.1, -0.05) is 39.7 Å². The molecule has 0 atom stereocenters. The Labute approximate surface area is 190 Å². The normalized spacial score (nSPS) is 18.6. The van der Waals surface area contributed by atoms with E-state index in [-0.39, 0.29) is 5.91 Å². The van der Waals surface area contributed by atoms with E-state index in [0.29, 0.717) is 18.2 Å². The van der Waals surface area contributed by atoms with Gasteiger partial charge in [0.2, 0.25) is 0 Å². The molecule has 156 valence electrons. The van der Waals surface area contributed by atoms with E-state index < -0.39 is 0 Å². The van der Waals surface area contributed by atoms with Gasteiger partial charge in [-0.3, -0.25) is 4.79 Å². The molecule has 0 aromatic heterocycles. The maximum absolute atomic E-state index is 13.3. The van der Waals surface area contributed by atoms with Crippen molar-refractivity contribution in [2.45, 2.75) is 19.3 Å². The first-order valence-corrected chi connectivity index (χ1v) is 11.4. The van der Waals surface area contributed by atoms with Crippen molar-refractivity contribution in [3.8, 4) is 0 Å². The van der Waals surface area contributed by atoms with E-state index in [1.165, 1.54) is 5.57 Å². The molecule has 1 fully saturated rings. The monoisotopic (exact) mass is 486 g/mol. The molecule has 4 nitrogen and oxygen atoms in total. The molecular formula is C24H24BrClN2O2. The van der Waals surface area contributed by atoms with Crippen LogP contribution in [0.4, 0.5) is 5.69 Å². The zero-order valence-corrected chi connectivity index (χ0v) is 19.0. The second kappa shape index (κ2) is 9.82.